The first-order valence-electron chi connectivity index (χ1n) is 8.60. The predicted molar refractivity (Wildman–Crippen MR) is 97.2 cm³/mol. The fraction of sp³-hybridized carbons (Fsp3) is 0.250. The number of hydrogen-bond donors (Lipinski definition) is 1. The molecule has 2 rings (SSSR count). The molecule has 0 aliphatic rings. The summed E-state index contributed by atoms with van der Waals surface area (Å²) in [5, 5.41) is 2.63. The van der Waals surface area contributed by atoms with E-state index in [2.05, 4.69) is 5.32 Å². The maximum Gasteiger partial charge on any atom is 0.338 e. The molecule has 0 fully saturated rings. The molecule has 2 aromatic carbocycles. The summed E-state index contributed by atoms with van der Waals surface area (Å²) in [5.74, 6) is -2.75. The second kappa shape index (κ2) is 10.1. The van der Waals surface area contributed by atoms with Gasteiger partial charge in [-0.15, -0.1) is 0 Å². The molecule has 0 aliphatic heterocycles. The fourth-order valence-electron chi connectivity index (χ4n) is 2.33. The van der Waals surface area contributed by atoms with Gasteiger partial charge in [-0.25, -0.2) is 13.6 Å². The number of halogens is 2. The van der Waals surface area contributed by atoms with Gasteiger partial charge in [0.25, 0.3) is 5.91 Å². The summed E-state index contributed by atoms with van der Waals surface area (Å²) < 4.78 is 30.9. The second-order valence-corrected chi connectivity index (χ2v) is 5.90. The van der Waals surface area contributed by atoms with Gasteiger partial charge >= 0.3 is 5.97 Å². The molecule has 2 aromatic rings. The Labute approximate surface area is 161 Å². The first kappa shape index (κ1) is 21.0. The summed E-state index contributed by atoms with van der Waals surface area (Å²) in [6.07, 6.45) is 0. The summed E-state index contributed by atoms with van der Waals surface area (Å²) in [6.45, 7) is 1.34. The minimum atomic E-state index is -0.829. The number of hydrogen-bond acceptors (Lipinski definition) is 4. The number of rotatable bonds is 8. The number of carbonyl (C=O) groups is 3. The van der Waals surface area contributed by atoms with Crippen LogP contribution in [0.1, 0.15) is 22.8 Å². The van der Waals surface area contributed by atoms with E-state index in [0.29, 0.717) is 5.56 Å². The Morgan fingerprint density at radius 1 is 1.04 bits per heavy atom. The lowest BCUT2D eigenvalue weighted by Crippen LogP contribution is -2.42. The normalized spacial score (nSPS) is 10.2. The van der Waals surface area contributed by atoms with Crippen LogP contribution in [0.3, 0.4) is 0 Å². The third-order valence-corrected chi connectivity index (χ3v) is 3.86. The Morgan fingerprint density at radius 3 is 2.39 bits per heavy atom. The maximum absolute atomic E-state index is 13.1. The minimum Gasteiger partial charge on any atom is -0.452 e. The van der Waals surface area contributed by atoms with Crippen molar-refractivity contribution in [3.05, 3.63) is 71.3 Å². The van der Waals surface area contributed by atoms with Gasteiger partial charge in [0.05, 0.1) is 12.1 Å². The van der Waals surface area contributed by atoms with Crippen LogP contribution in [-0.4, -0.2) is 42.4 Å². The number of amides is 2. The largest absolute Gasteiger partial charge is 0.452 e. The standard InChI is InChI=1S/C20H20F2N2O4/c1-2-24(12-18(25)23-11-14-6-8-16(21)9-7-14)19(26)13-28-20(27)15-4-3-5-17(22)10-15/h3-10H,2,11-13H2,1H3,(H,23,25). The Morgan fingerprint density at radius 2 is 1.75 bits per heavy atom. The quantitative estimate of drug-likeness (QED) is 0.702. The van der Waals surface area contributed by atoms with E-state index in [9.17, 15) is 23.2 Å². The highest BCUT2D eigenvalue weighted by Gasteiger charge is 2.18. The summed E-state index contributed by atoms with van der Waals surface area (Å²) in [6, 6.07) is 10.6. The van der Waals surface area contributed by atoms with Crippen LogP contribution in [0.4, 0.5) is 8.78 Å². The van der Waals surface area contributed by atoms with E-state index >= 15 is 0 Å². The minimum absolute atomic E-state index is 0.00658. The zero-order chi connectivity index (χ0) is 20.5. The van der Waals surface area contributed by atoms with Crippen LogP contribution in [0.25, 0.3) is 0 Å². The van der Waals surface area contributed by atoms with E-state index in [1.165, 1.54) is 35.2 Å². The molecule has 0 saturated heterocycles. The molecule has 0 unspecified atom stereocenters. The van der Waals surface area contributed by atoms with Crippen molar-refractivity contribution < 1.29 is 27.9 Å². The molecule has 148 valence electrons. The van der Waals surface area contributed by atoms with Crippen molar-refractivity contribution in [2.75, 3.05) is 19.7 Å². The smallest absolute Gasteiger partial charge is 0.338 e. The average Bonchev–Trinajstić information content (AvgIpc) is 2.69. The Bertz CT molecular complexity index is 840. The number of carbonyl (C=O) groups excluding carboxylic acids is 3. The van der Waals surface area contributed by atoms with Crippen LogP contribution in [0.5, 0.6) is 0 Å². The molecule has 0 atom stereocenters. The second-order valence-electron chi connectivity index (χ2n) is 5.90. The number of ether oxygens (including phenoxy) is 1. The zero-order valence-electron chi connectivity index (χ0n) is 15.3. The van der Waals surface area contributed by atoms with Crippen LogP contribution in [0.15, 0.2) is 48.5 Å². The lowest BCUT2D eigenvalue weighted by molar-refractivity contribution is -0.138. The number of benzene rings is 2. The van der Waals surface area contributed by atoms with Gasteiger partial charge in [-0.3, -0.25) is 9.59 Å². The number of nitrogens with zero attached hydrogens (tertiary/aromatic N) is 1. The molecule has 0 aromatic heterocycles. The van der Waals surface area contributed by atoms with E-state index in [0.717, 1.165) is 6.07 Å². The van der Waals surface area contributed by atoms with Crippen LogP contribution in [0, 0.1) is 11.6 Å². The van der Waals surface area contributed by atoms with Crippen molar-refractivity contribution in [2.45, 2.75) is 13.5 Å². The molecule has 0 heterocycles. The van der Waals surface area contributed by atoms with Crippen molar-refractivity contribution in [3.8, 4) is 0 Å². The first-order chi connectivity index (χ1) is 13.4. The monoisotopic (exact) mass is 390 g/mol. The summed E-state index contributed by atoms with van der Waals surface area (Å²) in [5.41, 5.74) is 0.709. The molecule has 0 aliphatic carbocycles. The van der Waals surface area contributed by atoms with E-state index in [1.807, 2.05) is 0 Å². The number of nitrogens with one attached hydrogen (secondary N) is 1. The molecule has 0 bridgehead atoms. The van der Waals surface area contributed by atoms with Gasteiger partial charge < -0.3 is 15.0 Å². The van der Waals surface area contributed by atoms with Gasteiger partial charge in [-0.05, 0) is 42.8 Å². The molecule has 0 radical (unpaired) electrons. The molecule has 1 N–H and O–H groups in total. The van der Waals surface area contributed by atoms with Crippen LogP contribution >= 0.6 is 0 Å². The van der Waals surface area contributed by atoms with Crippen molar-refractivity contribution in [3.63, 3.8) is 0 Å². The molecule has 0 spiro atoms. The predicted octanol–water partition coefficient (Wildman–Crippen LogP) is 2.29. The van der Waals surface area contributed by atoms with Gasteiger partial charge in [-0.2, -0.15) is 0 Å². The molecular formula is C20H20F2N2O4. The van der Waals surface area contributed by atoms with E-state index in [1.54, 1.807) is 19.1 Å². The van der Waals surface area contributed by atoms with Crippen molar-refractivity contribution in [1.29, 1.82) is 0 Å². The van der Waals surface area contributed by atoms with E-state index in [-0.39, 0.29) is 31.0 Å². The van der Waals surface area contributed by atoms with E-state index < -0.39 is 30.2 Å². The Kier molecular flexibility index (Phi) is 7.62. The SMILES string of the molecule is CCN(CC(=O)NCc1ccc(F)cc1)C(=O)COC(=O)c1cccc(F)c1. The average molecular weight is 390 g/mol. The van der Waals surface area contributed by atoms with Gasteiger partial charge in [0.15, 0.2) is 6.61 Å². The van der Waals surface area contributed by atoms with E-state index in [4.69, 9.17) is 4.74 Å². The Balaban J connectivity index is 1.80. The van der Waals surface area contributed by atoms with Crippen molar-refractivity contribution >= 4 is 17.8 Å². The number of likely N-dealkylation sites (N-methyl/N-ethyl adjacent to an activating group) is 1. The highest BCUT2D eigenvalue weighted by Crippen LogP contribution is 2.06. The van der Waals surface area contributed by atoms with Crippen LogP contribution in [0.2, 0.25) is 0 Å². The number of esters is 1. The van der Waals surface area contributed by atoms with Gasteiger partial charge in [-0.1, -0.05) is 18.2 Å². The van der Waals surface area contributed by atoms with Crippen LogP contribution in [-0.2, 0) is 20.9 Å². The molecule has 8 heteroatoms. The molecule has 6 nitrogen and oxygen atoms in total. The lowest BCUT2D eigenvalue weighted by Gasteiger charge is -2.20. The maximum atomic E-state index is 13.1. The first-order valence-corrected chi connectivity index (χ1v) is 8.60. The zero-order valence-corrected chi connectivity index (χ0v) is 15.3. The highest BCUT2D eigenvalue weighted by atomic mass is 19.1. The summed E-state index contributed by atoms with van der Waals surface area (Å²) >= 11 is 0. The molecule has 2 amide bonds. The highest BCUT2D eigenvalue weighted by molar-refractivity contribution is 5.92. The van der Waals surface area contributed by atoms with Gasteiger partial charge in [0.1, 0.15) is 11.6 Å². The molecular weight excluding hydrogens is 370 g/mol. The lowest BCUT2D eigenvalue weighted by atomic mass is 10.2. The third-order valence-electron chi connectivity index (χ3n) is 3.86. The van der Waals surface area contributed by atoms with Crippen molar-refractivity contribution in [1.82, 2.24) is 10.2 Å². The third kappa shape index (κ3) is 6.46. The van der Waals surface area contributed by atoms with Crippen LogP contribution < -0.4 is 5.32 Å². The topological polar surface area (TPSA) is 75.7 Å². The van der Waals surface area contributed by atoms with Gasteiger partial charge in [0, 0.05) is 13.1 Å². The molecule has 28 heavy (non-hydrogen) atoms. The molecule has 0 saturated carbocycles. The summed E-state index contributed by atoms with van der Waals surface area (Å²) in [4.78, 5) is 37.3. The Hall–Kier alpha value is -3.29. The summed E-state index contributed by atoms with van der Waals surface area (Å²) in [7, 11) is 0. The van der Waals surface area contributed by atoms with Gasteiger partial charge in [0.2, 0.25) is 5.91 Å². The fourth-order valence-corrected chi connectivity index (χ4v) is 2.33. The van der Waals surface area contributed by atoms with Crippen molar-refractivity contribution in [2.24, 2.45) is 0 Å².